The van der Waals surface area contributed by atoms with Gasteiger partial charge in [0, 0.05) is 6.08 Å². The molecular weight excluding hydrogens is 320 g/mol. The maximum absolute atomic E-state index is 12.7. The van der Waals surface area contributed by atoms with Crippen molar-refractivity contribution >= 4 is 29.4 Å². The summed E-state index contributed by atoms with van der Waals surface area (Å²) in [6, 6.07) is 6.89. The van der Waals surface area contributed by atoms with Gasteiger partial charge in [-0.25, -0.2) is 9.48 Å². The van der Waals surface area contributed by atoms with E-state index < -0.39 is 5.97 Å². The highest BCUT2D eigenvalue weighted by Gasteiger charge is 2.11. The topological polar surface area (TPSA) is 73.3 Å². The lowest BCUT2D eigenvalue weighted by atomic mass is 10.3. The molecule has 0 spiro atoms. The second-order valence-electron chi connectivity index (χ2n) is 4.65. The fourth-order valence-corrected chi connectivity index (χ4v) is 2.39. The van der Waals surface area contributed by atoms with Crippen molar-refractivity contribution in [2.24, 2.45) is 0 Å². The summed E-state index contributed by atoms with van der Waals surface area (Å²) in [4.78, 5) is 24.3. The predicted octanol–water partition coefficient (Wildman–Crippen LogP) is 0.937. The van der Waals surface area contributed by atoms with E-state index >= 15 is 0 Å². The van der Waals surface area contributed by atoms with Crippen molar-refractivity contribution in [1.82, 2.24) is 9.78 Å². The van der Waals surface area contributed by atoms with E-state index in [-0.39, 0.29) is 10.8 Å². The van der Waals surface area contributed by atoms with E-state index in [9.17, 15) is 9.59 Å². The number of hydrogen-bond acceptors (Lipinski definition) is 4. The number of carbonyl (C=O) groups excluding carboxylic acids is 1. The first-order chi connectivity index (χ1) is 11.0. The monoisotopic (exact) mass is 336 g/mol. The first-order valence-corrected chi connectivity index (χ1v) is 7.36. The Labute approximate surface area is 137 Å². The van der Waals surface area contributed by atoms with Crippen LogP contribution in [0.4, 0.5) is 0 Å². The molecule has 0 bridgehead atoms. The van der Waals surface area contributed by atoms with Gasteiger partial charge in [-0.2, -0.15) is 0 Å². The van der Waals surface area contributed by atoms with Crippen LogP contribution in [-0.4, -0.2) is 29.5 Å². The normalized spacial score (nSPS) is 13.0. The van der Waals surface area contributed by atoms with Gasteiger partial charge in [-0.05, 0) is 26.0 Å². The molecule has 2 rings (SSSR count). The zero-order valence-corrected chi connectivity index (χ0v) is 13.8. The lowest BCUT2D eigenvalue weighted by molar-refractivity contribution is -0.133. The number of esters is 1. The summed E-state index contributed by atoms with van der Waals surface area (Å²) in [5.74, 6) is -0.169. The van der Waals surface area contributed by atoms with E-state index in [4.69, 9.17) is 16.3 Å². The number of benzene rings is 1. The highest BCUT2D eigenvalue weighted by atomic mass is 35.5. The van der Waals surface area contributed by atoms with Crippen molar-refractivity contribution in [2.75, 3.05) is 13.7 Å². The van der Waals surface area contributed by atoms with Crippen LogP contribution in [0.5, 0.6) is 0 Å². The van der Waals surface area contributed by atoms with Gasteiger partial charge in [0.2, 0.25) is 0 Å². The number of carbonyl (C=O) groups is 1. The van der Waals surface area contributed by atoms with Crippen LogP contribution in [0.25, 0.3) is 17.5 Å². The maximum atomic E-state index is 12.7. The molecule has 1 aromatic carbocycles. The van der Waals surface area contributed by atoms with Crippen LogP contribution < -0.4 is 16.1 Å². The first-order valence-electron chi connectivity index (χ1n) is 6.99. The van der Waals surface area contributed by atoms with Crippen molar-refractivity contribution in [2.45, 2.75) is 13.8 Å². The summed E-state index contributed by atoms with van der Waals surface area (Å²) < 4.78 is 11.3. The molecule has 2 aromatic rings. The number of rotatable bonds is 4. The van der Waals surface area contributed by atoms with E-state index in [1.165, 1.54) is 17.9 Å². The average Bonchev–Trinajstić information content (AvgIpc) is 2.84. The molecule has 7 heteroatoms. The number of nitrogens with one attached hydrogen (secondary N) is 1. The molecule has 0 atom stereocenters. The van der Waals surface area contributed by atoms with Gasteiger partial charge in [-0.3, -0.25) is 9.89 Å². The van der Waals surface area contributed by atoms with Crippen LogP contribution >= 0.6 is 11.6 Å². The van der Waals surface area contributed by atoms with Gasteiger partial charge >= 0.3 is 5.97 Å². The largest absolute Gasteiger partial charge is 0.498 e. The number of para-hydroxylation sites is 1. The molecule has 0 aliphatic carbocycles. The number of aromatic amines is 1. The fourth-order valence-electron chi connectivity index (χ4n) is 2.17. The Balaban J connectivity index is 2.85. The third-order valence-corrected chi connectivity index (χ3v) is 3.51. The highest BCUT2D eigenvalue weighted by molar-refractivity contribution is 6.32. The number of methoxy groups -OCH3 is 1. The van der Waals surface area contributed by atoms with E-state index in [1.807, 2.05) is 6.92 Å². The Morgan fingerprint density at radius 2 is 2.09 bits per heavy atom. The van der Waals surface area contributed by atoms with E-state index in [2.05, 4.69) is 9.84 Å². The molecule has 0 aliphatic heterocycles. The van der Waals surface area contributed by atoms with Crippen LogP contribution in [-0.2, 0) is 14.3 Å². The number of aromatic nitrogens is 2. The summed E-state index contributed by atoms with van der Waals surface area (Å²) in [6.07, 6.45) is 1.20. The van der Waals surface area contributed by atoms with Gasteiger partial charge in [0.05, 0.1) is 29.8 Å². The average molecular weight is 337 g/mol. The standard InChI is InChI=1S/C16H17ClN2O4/c1-4-23-10(2)15-12(9-14(20)22-3)18-19(16(15)21)13-8-6-5-7-11(13)17/h5-9,18H,4H2,1-3H3. The Bertz CT molecular complexity index is 896. The van der Waals surface area contributed by atoms with E-state index in [0.717, 1.165) is 0 Å². The molecule has 122 valence electrons. The van der Waals surface area contributed by atoms with E-state index in [1.54, 1.807) is 31.2 Å². The molecule has 23 heavy (non-hydrogen) atoms. The van der Waals surface area contributed by atoms with Crippen molar-refractivity contribution < 1.29 is 14.3 Å². The number of hydrogen-bond donors (Lipinski definition) is 1. The summed E-state index contributed by atoms with van der Waals surface area (Å²) in [5.41, 5.74) is 0.119. The molecule has 0 saturated carbocycles. The quantitative estimate of drug-likeness (QED) is 0.843. The minimum absolute atomic E-state index is 0.261. The van der Waals surface area contributed by atoms with Gasteiger partial charge in [0.1, 0.15) is 11.0 Å². The molecule has 6 nitrogen and oxygen atoms in total. The zero-order valence-electron chi connectivity index (χ0n) is 13.1. The molecule has 0 saturated heterocycles. The smallest absolute Gasteiger partial charge is 0.332 e. The zero-order chi connectivity index (χ0) is 17.0. The summed E-state index contributed by atoms with van der Waals surface area (Å²) >= 11 is 6.15. The summed E-state index contributed by atoms with van der Waals surface area (Å²) in [6.45, 7) is 3.88. The third-order valence-electron chi connectivity index (χ3n) is 3.19. The van der Waals surface area contributed by atoms with Crippen LogP contribution in [0.2, 0.25) is 5.02 Å². The lowest BCUT2D eigenvalue weighted by Crippen LogP contribution is -2.37. The lowest BCUT2D eigenvalue weighted by Gasteiger charge is -2.03. The highest BCUT2D eigenvalue weighted by Crippen LogP contribution is 2.16. The molecule has 0 amide bonds. The second-order valence-corrected chi connectivity index (χ2v) is 5.06. The molecular formula is C16H17ClN2O4. The minimum atomic E-state index is -0.580. The fraction of sp³-hybridized carbons (Fsp3) is 0.250. The summed E-state index contributed by atoms with van der Waals surface area (Å²) in [7, 11) is 1.26. The Hall–Kier alpha value is -2.47. The van der Waals surface area contributed by atoms with Gasteiger partial charge in [-0.15, -0.1) is 0 Å². The molecule has 1 N–H and O–H groups in total. The minimum Gasteiger partial charge on any atom is -0.498 e. The molecule has 0 radical (unpaired) electrons. The number of H-pyrrole nitrogens is 1. The van der Waals surface area contributed by atoms with Crippen LogP contribution in [0.1, 0.15) is 13.8 Å². The number of halogens is 1. The molecule has 1 heterocycles. The maximum Gasteiger partial charge on any atom is 0.332 e. The van der Waals surface area contributed by atoms with Gasteiger partial charge in [0.15, 0.2) is 0 Å². The Morgan fingerprint density at radius 1 is 1.39 bits per heavy atom. The van der Waals surface area contributed by atoms with Crippen LogP contribution in [0.3, 0.4) is 0 Å². The van der Waals surface area contributed by atoms with Gasteiger partial charge < -0.3 is 9.47 Å². The predicted molar refractivity (Wildman–Crippen MR) is 87.8 cm³/mol. The molecule has 0 unspecified atom stereocenters. The Kier molecular flexibility index (Phi) is 5.28. The molecule has 0 aliphatic rings. The summed E-state index contributed by atoms with van der Waals surface area (Å²) in [5, 5.41) is 3.84. The van der Waals surface area contributed by atoms with Gasteiger partial charge in [0.25, 0.3) is 5.56 Å². The molecule has 0 fully saturated rings. The van der Waals surface area contributed by atoms with Crippen LogP contribution in [0.15, 0.2) is 29.1 Å². The Morgan fingerprint density at radius 3 is 2.70 bits per heavy atom. The second kappa shape index (κ2) is 7.19. The SMILES string of the molecule is CCOC(C)=c1c(=CC(=O)OC)[nH]n(-c2ccccc2Cl)c1=O. The third kappa shape index (κ3) is 3.48. The van der Waals surface area contributed by atoms with Crippen molar-refractivity contribution in [3.8, 4) is 5.69 Å². The number of nitrogens with zero attached hydrogens (tertiary/aromatic N) is 1. The van der Waals surface area contributed by atoms with Gasteiger partial charge in [-0.1, -0.05) is 23.7 Å². The van der Waals surface area contributed by atoms with Crippen LogP contribution in [0, 0.1) is 0 Å². The number of ether oxygens (including phenoxy) is 2. The van der Waals surface area contributed by atoms with Crippen molar-refractivity contribution in [3.05, 3.63) is 50.2 Å². The molecule has 1 aromatic heterocycles. The first kappa shape index (κ1) is 16.9. The van der Waals surface area contributed by atoms with Crippen molar-refractivity contribution in [1.29, 1.82) is 0 Å². The van der Waals surface area contributed by atoms with E-state index in [0.29, 0.717) is 28.4 Å². The van der Waals surface area contributed by atoms with Crippen molar-refractivity contribution in [3.63, 3.8) is 0 Å².